The van der Waals surface area contributed by atoms with Crippen molar-refractivity contribution in [2.24, 2.45) is 0 Å². The minimum atomic E-state index is -0.648. The topological polar surface area (TPSA) is 25.8 Å². The first-order valence-corrected chi connectivity index (χ1v) is 5.76. The largest absolute Gasteiger partial charge is 0.207 e. The molecule has 2 nitrogen and oxygen atoms in total. The minimum absolute atomic E-state index is 0.238. The standard InChI is InChI=1S/C10H7ClF2N2S/c1-5(11)9-14-15-10(16-9)7-3-2-6(12)4-8(7)13/h2-5H,1H3. The molecule has 84 valence electrons. The van der Waals surface area contributed by atoms with Crippen molar-refractivity contribution >= 4 is 22.9 Å². The van der Waals surface area contributed by atoms with Gasteiger partial charge in [-0.15, -0.1) is 21.8 Å². The number of alkyl halides is 1. The first-order chi connectivity index (χ1) is 7.58. The van der Waals surface area contributed by atoms with E-state index in [1.807, 2.05) is 0 Å². The molecule has 0 saturated heterocycles. The van der Waals surface area contributed by atoms with E-state index in [4.69, 9.17) is 11.6 Å². The zero-order valence-electron chi connectivity index (χ0n) is 8.25. The fraction of sp³-hybridized carbons (Fsp3) is 0.200. The van der Waals surface area contributed by atoms with Gasteiger partial charge in [0, 0.05) is 11.6 Å². The summed E-state index contributed by atoms with van der Waals surface area (Å²) in [5.41, 5.74) is 0.238. The molecule has 1 atom stereocenters. The first kappa shape index (κ1) is 11.4. The SMILES string of the molecule is CC(Cl)c1nnc(-c2ccc(F)cc2F)s1. The van der Waals surface area contributed by atoms with Gasteiger partial charge in [-0.1, -0.05) is 11.3 Å². The van der Waals surface area contributed by atoms with Crippen molar-refractivity contribution in [3.63, 3.8) is 0 Å². The Morgan fingerprint density at radius 3 is 2.62 bits per heavy atom. The molecule has 0 N–H and O–H groups in total. The van der Waals surface area contributed by atoms with E-state index < -0.39 is 11.6 Å². The quantitative estimate of drug-likeness (QED) is 0.768. The second kappa shape index (κ2) is 4.43. The Morgan fingerprint density at radius 1 is 1.31 bits per heavy atom. The van der Waals surface area contributed by atoms with Crippen molar-refractivity contribution in [3.05, 3.63) is 34.8 Å². The van der Waals surface area contributed by atoms with Crippen molar-refractivity contribution in [3.8, 4) is 10.6 Å². The Balaban J connectivity index is 2.42. The summed E-state index contributed by atoms with van der Waals surface area (Å²) in [6.07, 6.45) is 0. The zero-order valence-corrected chi connectivity index (χ0v) is 9.82. The van der Waals surface area contributed by atoms with E-state index in [0.29, 0.717) is 10.0 Å². The summed E-state index contributed by atoms with van der Waals surface area (Å²) in [4.78, 5) is 0. The molecule has 2 aromatic rings. The van der Waals surface area contributed by atoms with Gasteiger partial charge >= 0.3 is 0 Å². The molecule has 1 aromatic heterocycles. The number of benzene rings is 1. The summed E-state index contributed by atoms with van der Waals surface area (Å²) in [6, 6.07) is 3.35. The summed E-state index contributed by atoms with van der Waals surface area (Å²) in [7, 11) is 0. The van der Waals surface area contributed by atoms with Crippen LogP contribution in [0.15, 0.2) is 18.2 Å². The van der Waals surface area contributed by atoms with Crippen LogP contribution in [0.25, 0.3) is 10.6 Å². The maximum atomic E-state index is 13.4. The Kier molecular flexibility index (Phi) is 3.16. The third-order valence-corrected chi connectivity index (χ3v) is 3.42. The lowest BCUT2D eigenvalue weighted by Gasteiger charge is -1.97. The normalized spacial score (nSPS) is 12.8. The fourth-order valence-corrected chi connectivity index (χ4v) is 2.14. The molecular formula is C10H7ClF2N2S. The van der Waals surface area contributed by atoms with E-state index in [1.165, 1.54) is 23.5 Å². The number of aromatic nitrogens is 2. The van der Waals surface area contributed by atoms with Gasteiger partial charge in [-0.2, -0.15) is 0 Å². The number of rotatable bonds is 2. The van der Waals surface area contributed by atoms with Crippen LogP contribution in [0.4, 0.5) is 8.78 Å². The third kappa shape index (κ3) is 2.20. The fourth-order valence-electron chi connectivity index (χ4n) is 1.17. The van der Waals surface area contributed by atoms with Gasteiger partial charge < -0.3 is 0 Å². The summed E-state index contributed by atoms with van der Waals surface area (Å²) >= 11 is 7.02. The monoisotopic (exact) mass is 260 g/mol. The van der Waals surface area contributed by atoms with Crippen LogP contribution in [-0.2, 0) is 0 Å². The Morgan fingerprint density at radius 2 is 2.06 bits per heavy atom. The van der Waals surface area contributed by atoms with Crippen molar-refractivity contribution in [2.45, 2.75) is 12.3 Å². The zero-order chi connectivity index (χ0) is 11.7. The van der Waals surface area contributed by atoms with Crippen LogP contribution < -0.4 is 0 Å². The van der Waals surface area contributed by atoms with Crippen LogP contribution in [0.2, 0.25) is 0 Å². The predicted octanol–water partition coefficient (Wildman–Crippen LogP) is 3.78. The van der Waals surface area contributed by atoms with Gasteiger partial charge in [0.25, 0.3) is 0 Å². The van der Waals surface area contributed by atoms with Crippen LogP contribution in [0.5, 0.6) is 0 Å². The predicted molar refractivity (Wildman–Crippen MR) is 59.5 cm³/mol. The van der Waals surface area contributed by atoms with Crippen molar-refractivity contribution < 1.29 is 8.78 Å². The van der Waals surface area contributed by atoms with Gasteiger partial charge in [-0.05, 0) is 19.1 Å². The molecule has 1 aromatic carbocycles. The molecule has 1 unspecified atom stereocenters. The van der Waals surface area contributed by atoms with Gasteiger partial charge in [-0.3, -0.25) is 0 Å². The summed E-state index contributed by atoms with van der Waals surface area (Å²) in [5, 5.41) is 8.40. The number of hydrogen-bond acceptors (Lipinski definition) is 3. The Bertz CT molecular complexity index is 513. The lowest BCUT2D eigenvalue weighted by molar-refractivity contribution is 0.585. The van der Waals surface area contributed by atoms with Gasteiger partial charge in [0.1, 0.15) is 16.6 Å². The van der Waals surface area contributed by atoms with E-state index >= 15 is 0 Å². The second-order valence-electron chi connectivity index (χ2n) is 3.19. The van der Waals surface area contributed by atoms with Crippen LogP contribution in [0.3, 0.4) is 0 Å². The summed E-state index contributed by atoms with van der Waals surface area (Å²) in [5.74, 6) is -1.26. The molecule has 1 heterocycles. The van der Waals surface area contributed by atoms with Crippen LogP contribution in [-0.4, -0.2) is 10.2 Å². The molecule has 0 radical (unpaired) electrons. The maximum absolute atomic E-state index is 13.4. The molecular weight excluding hydrogens is 254 g/mol. The number of hydrogen-bond donors (Lipinski definition) is 0. The molecule has 0 aliphatic carbocycles. The van der Waals surface area contributed by atoms with Crippen LogP contribution >= 0.6 is 22.9 Å². The average Bonchev–Trinajstić information content (AvgIpc) is 2.66. The highest BCUT2D eigenvalue weighted by molar-refractivity contribution is 7.15. The molecule has 0 saturated carbocycles. The minimum Gasteiger partial charge on any atom is -0.207 e. The highest BCUT2D eigenvalue weighted by Gasteiger charge is 2.14. The van der Waals surface area contributed by atoms with Crippen molar-refractivity contribution in [2.75, 3.05) is 0 Å². The first-order valence-electron chi connectivity index (χ1n) is 4.51. The molecule has 0 spiro atoms. The molecule has 2 rings (SSSR count). The van der Waals surface area contributed by atoms with Crippen LogP contribution in [0, 0.1) is 11.6 Å². The summed E-state index contributed by atoms with van der Waals surface area (Å²) < 4.78 is 26.1. The van der Waals surface area contributed by atoms with Gasteiger partial charge in [-0.25, -0.2) is 8.78 Å². The van der Waals surface area contributed by atoms with Crippen molar-refractivity contribution in [1.29, 1.82) is 0 Å². The van der Waals surface area contributed by atoms with Gasteiger partial charge in [0.2, 0.25) is 0 Å². The molecule has 16 heavy (non-hydrogen) atoms. The summed E-state index contributed by atoms with van der Waals surface area (Å²) in [6.45, 7) is 1.76. The van der Waals surface area contributed by atoms with E-state index in [2.05, 4.69) is 10.2 Å². The molecule has 0 amide bonds. The van der Waals surface area contributed by atoms with E-state index in [0.717, 1.165) is 6.07 Å². The number of nitrogens with zero attached hydrogens (tertiary/aromatic N) is 2. The maximum Gasteiger partial charge on any atom is 0.150 e. The molecule has 0 aliphatic rings. The molecule has 0 fully saturated rings. The highest BCUT2D eigenvalue weighted by atomic mass is 35.5. The lowest BCUT2D eigenvalue weighted by atomic mass is 10.2. The molecule has 0 aliphatic heterocycles. The third-order valence-electron chi connectivity index (χ3n) is 1.94. The van der Waals surface area contributed by atoms with Crippen LogP contribution in [0.1, 0.15) is 17.3 Å². The van der Waals surface area contributed by atoms with E-state index in [-0.39, 0.29) is 10.9 Å². The van der Waals surface area contributed by atoms with E-state index in [1.54, 1.807) is 6.92 Å². The smallest absolute Gasteiger partial charge is 0.150 e. The second-order valence-corrected chi connectivity index (χ2v) is 4.85. The van der Waals surface area contributed by atoms with Crippen molar-refractivity contribution in [1.82, 2.24) is 10.2 Å². The molecule has 6 heteroatoms. The molecule has 0 bridgehead atoms. The average molecular weight is 261 g/mol. The number of halogens is 3. The van der Waals surface area contributed by atoms with Gasteiger partial charge in [0.15, 0.2) is 5.01 Å². The Labute approximate surface area is 99.9 Å². The lowest BCUT2D eigenvalue weighted by Crippen LogP contribution is -1.85. The Hall–Kier alpha value is -1.07. The van der Waals surface area contributed by atoms with E-state index in [9.17, 15) is 8.78 Å². The highest BCUT2D eigenvalue weighted by Crippen LogP contribution is 2.30. The van der Waals surface area contributed by atoms with Gasteiger partial charge in [0.05, 0.1) is 5.38 Å².